The number of methoxy groups -OCH3 is 1. The lowest BCUT2D eigenvalue weighted by atomic mass is 9.96. The molecule has 1 aliphatic heterocycles. The summed E-state index contributed by atoms with van der Waals surface area (Å²) < 4.78 is 4.83. The van der Waals surface area contributed by atoms with E-state index in [1.165, 1.54) is 23.8 Å². The molecule has 1 aliphatic rings. The lowest BCUT2D eigenvalue weighted by Gasteiger charge is -2.39. The first-order chi connectivity index (χ1) is 16.9. The minimum Gasteiger partial charge on any atom is -0.469 e. The zero-order valence-electron chi connectivity index (χ0n) is 20.6. The molecule has 182 valence electrons. The Labute approximate surface area is 207 Å². The molecule has 1 amide bonds. The summed E-state index contributed by atoms with van der Waals surface area (Å²) in [5.74, 6) is -0.519. The van der Waals surface area contributed by atoms with E-state index in [1.807, 2.05) is 31.2 Å². The van der Waals surface area contributed by atoms with E-state index in [1.54, 1.807) is 4.90 Å². The first kappa shape index (κ1) is 24.3. The number of benzene rings is 3. The zero-order valence-corrected chi connectivity index (χ0v) is 20.6. The number of rotatable bonds is 9. The summed E-state index contributed by atoms with van der Waals surface area (Å²) in [5.41, 5.74) is 6.48. The highest BCUT2D eigenvalue weighted by atomic mass is 16.5. The van der Waals surface area contributed by atoms with E-state index in [0.29, 0.717) is 26.1 Å². The Morgan fingerprint density at radius 2 is 1.46 bits per heavy atom. The van der Waals surface area contributed by atoms with E-state index >= 15 is 0 Å². The number of likely N-dealkylation sites (tertiary alicyclic amines) is 1. The number of para-hydroxylation sites is 2. The molecule has 0 aliphatic carbocycles. The van der Waals surface area contributed by atoms with Crippen LogP contribution in [0.4, 0.5) is 11.4 Å². The van der Waals surface area contributed by atoms with Gasteiger partial charge in [0.1, 0.15) is 6.04 Å². The third-order valence-electron chi connectivity index (χ3n) is 6.45. The van der Waals surface area contributed by atoms with Gasteiger partial charge >= 0.3 is 5.97 Å². The summed E-state index contributed by atoms with van der Waals surface area (Å²) in [4.78, 5) is 27.0. The molecule has 0 bridgehead atoms. The van der Waals surface area contributed by atoms with Crippen molar-refractivity contribution in [1.82, 2.24) is 4.90 Å². The molecule has 0 spiro atoms. The number of carbonyl (C=O) groups is 2. The van der Waals surface area contributed by atoms with Gasteiger partial charge in [-0.05, 0) is 37.1 Å². The topological polar surface area (TPSA) is 70.7 Å². The Balaban J connectivity index is 1.50. The highest BCUT2D eigenvalue weighted by Gasteiger charge is 2.39. The SMILES string of the molecule is COC(=O)C1CN(C(=O)[C@H](Cc2ccc(C)cc2)Nc2ccccc2NCc2ccc(C)cc2)C1. The molecular weight excluding hydrogens is 438 g/mol. The van der Waals surface area contributed by atoms with E-state index in [-0.39, 0.29) is 17.8 Å². The highest BCUT2D eigenvalue weighted by molar-refractivity contribution is 5.89. The Kier molecular flexibility index (Phi) is 7.70. The number of carbonyl (C=O) groups excluding carboxylic acids is 2. The predicted molar refractivity (Wildman–Crippen MR) is 139 cm³/mol. The lowest BCUT2D eigenvalue weighted by molar-refractivity contribution is -0.155. The first-order valence-electron chi connectivity index (χ1n) is 12.0. The molecule has 1 atom stereocenters. The molecule has 1 saturated heterocycles. The number of nitrogens with one attached hydrogen (secondary N) is 2. The molecule has 2 N–H and O–H groups in total. The van der Waals surface area contributed by atoms with Gasteiger partial charge in [-0.2, -0.15) is 0 Å². The molecule has 0 aromatic heterocycles. The number of esters is 1. The monoisotopic (exact) mass is 471 g/mol. The molecule has 4 rings (SSSR count). The van der Waals surface area contributed by atoms with Crippen molar-refractivity contribution in [2.75, 3.05) is 30.8 Å². The largest absolute Gasteiger partial charge is 0.469 e. The van der Waals surface area contributed by atoms with Crippen LogP contribution in [0.5, 0.6) is 0 Å². The fourth-order valence-corrected chi connectivity index (χ4v) is 4.21. The van der Waals surface area contributed by atoms with Crippen molar-refractivity contribution in [1.29, 1.82) is 0 Å². The minimum atomic E-state index is -0.460. The Hall–Kier alpha value is -3.80. The van der Waals surface area contributed by atoms with Gasteiger partial charge in [0.25, 0.3) is 0 Å². The first-order valence-corrected chi connectivity index (χ1v) is 12.0. The molecule has 6 heteroatoms. The molecule has 3 aromatic carbocycles. The number of aryl methyl sites for hydroxylation is 2. The van der Waals surface area contributed by atoms with Gasteiger partial charge in [-0.3, -0.25) is 9.59 Å². The maximum atomic E-state index is 13.5. The normalized spacial score (nSPS) is 14.1. The third-order valence-corrected chi connectivity index (χ3v) is 6.45. The van der Waals surface area contributed by atoms with Crippen molar-refractivity contribution in [2.24, 2.45) is 5.92 Å². The van der Waals surface area contributed by atoms with Gasteiger partial charge in [-0.15, -0.1) is 0 Å². The molecule has 6 nitrogen and oxygen atoms in total. The van der Waals surface area contributed by atoms with Crippen LogP contribution in [0.3, 0.4) is 0 Å². The van der Waals surface area contributed by atoms with Crippen molar-refractivity contribution >= 4 is 23.3 Å². The van der Waals surface area contributed by atoms with E-state index in [2.05, 4.69) is 66.1 Å². The highest BCUT2D eigenvalue weighted by Crippen LogP contribution is 2.26. The Morgan fingerprint density at radius 3 is 2.06 bits per heavy atom. The smallest absolute Gasteiger partial charge is 0.312 e. The fraction of sp³-hybridized carbons (Fsp3) is 0.310. The minimum absolute atomic E-state index is 0.0148. The molecule has 0 unspecified atom stereocenters. The van der Waals surface area contributed by atoms with Crippen LogP contribution in [0.15, 0.2) is 72.8 Å². The zero-order chi connectivity index (χ0) is 24.8. The molecule has 1 fully saturated rings. The molecule has 0 saturated carbocycles. The van der Waals surface area contributed by atoms with Crippen LogP contribution < -0.4 is 10.6 Å². The maximum Gasteiger partial charge on any atom is 0.312 e. The summed E-state index contributed by atoms with van der Waals surface area (Å²) in [5, 5.41) is 7.00. The van der Waals surface area contributed by atoms with Crippen LogP contribution in [0, 0.1) is 19.8 Å². The van der Waals surface area contributed by atoms with Crippen molar-refractivity contribution < 1.29 is 14.3 Å². The van der Waals surface area contributed by atoms with Gasteiger partial charge < -0.3 is 20.3 Å². The standard InChI is InChI=1S/C29H33N3O3/c1-20-8-12-22(13-9-20)16-27(28(33)32-18-24(19-32)29(34)35-3)31-26-7-5-4-6-25(26)30-17-23-14-10-21(2)11-15-23/h4-15,24,27,30-31H,16-19H2,1-3H3/t27-/m0/s1. The summed E-state index contributed by atoms with van der Waals surface area (Å²) >= 11 is 0. The van der Waals surface area contributed by atoms with Crippen LogP contribution in [0.25, 0.3) is 0 Å². The Morgan fingerprint density at radius 1 is 0.886 bits per heavy atom. The van der Waals surface area contributed by atoms with Gasteiger partial charge in [0, 0.05) is 26.1 Å². The second-order valence-electron chi connectivity index (χ2n) is 9.23. The van der Waals surface area contributed by atoms with Gasteiger partial charge in [-0.25, -0.2) is 0 Å². The number of amides is 1. The second kappa shape index (κ2) is 11.1. The average molecular weight is 472 g/mol. The number of nitrogens with zero attached hydrogens (tertiary/aromatic N) is 1. The van der Waals surface area contributed by atoms with E-state index < -0.39 is 6.04 Å². The fourth-order valence-electron chi connectivity index (χ4n) is 4.21. The van der Waals surface area contributed by atoms with Gasteiger partial charge in [0.05, 0.1) is 24.4 Å². The van der Waals surface area contributed by atoms with E-state index in [0.717, 1.165) is 16.9 Å². The maximum absolute atomic E-state index is 13.5. The van der Waals surface area contributed by atoms with Crippen molar-refractivity contribution in [2.45, 2.75) is 32.9 Å². The van der Waals surface area contributed by atoms with Gasteiger partial charge in [0.2, 0.25) is 5.91 Å². The molecule has 1 heterocycles. The third kappa shape index (κ3) is 6.21. The van der Waals surface area contributed by atoms with Gasteiger partial charge in [-0.1, -0.05) is 71.8 Å². The second-order valence-corrected chi connectivity index (χ2v) is 9.23. The van der Waals surface area contributed by atoms with E-state index in [9.17, 15) is 9.59 Å². The predicted octanol–water partition coefficient (Wildman–Crippen LogP) is 4.57. The lowest BCUT2D eigenvalue weighted by Crippen LogP contribution is -2.57. The summed E-state index contributed by atoms with van der Waals surface area (Å²) in [6, 6.07) is 24.2. The molecule has 35 heavy (non-hydrogen) atoms. The summed E-state index contributed by atoms with van der Waals surface area (Å²) in [6.45, 7) is 5.60. The molecule has 3 aromatic rings. The van der Waals surface area contributed by atoms with Crippen molar-refractivity contribution in [3.63, 3.8) is 0 Å². The summed E-state index contributed by atoms with van der Waals surface area (Å²) in [6.07, 6.45) is 0.546. The van der Waals surface area contributed by atoms with Gasteiger partial charge in [0.15, 0.2) is 0 Å². The Bertz CT molecular complexity index is 1150. The van der Waals surface area contributed by atoms with Crippen molar-refractivity contribution in [3.05, 3.63) is 95.1 Å². The van der Waals surface area contributed by atoms with Crippen LogP contribution in [-0.2, 0) is 27.3 Å². The number of hydrogen-bond donors (Lipinski definition) is 2. The van der Waals surface area contributed by atoms with Crippen LogP contribution in [0.2, 0.25) is 0 Å². The number of anilines is 2. The average Bonchev–Trinajstić information content (AvgIpc) is 2.84. The van der Waals surface area contributed by atoms with Crippen LogP contribution >= 0.6 is 0 Å². The van der Waals surface area contributed by atoms with Crippen LogP contribution in [0.1, 0.15) is 22.3 Å². The number of hydrogen-bond acceptors (Lipinski definition) is 5. The van der Waals surface area contributed by atoms with E-state index in [4.69, 9.17) is 4.74 Å². The molecular formula is C29H33N3O3. The number of ether oxygens (including phenoxy) is 1. The quantitative estimate of drug-likeness (QED) is 0.448. The van der Waals surface area contributed by atoms with Crippen LogP contribution in [-0.4, -0.2) is 43.0 Å². The summed E-state index contributed by atoms with van der Waals surface area (Å²) in [7, 11) is 1.38. The van der Waals surface area contributed by atoms with Crippen molar-refractivity contribution in [3.8, 4) is 0 Å². The molecule has 0 radical (unpaired) electrons.